The van der Waals surface area contributed by atoms with Crippen LogP contribution in [0.3, 0.4) is 0 Å². The molecular formula is C35H38IN5O6S. The molecule has 13 heteroatoms. The Hall–Kier alpha value is -4.08. The van der Waals surface area contributed by atoms with Gasteiger partial charge < -0.3 is 29.3 Å². The number of nitrogens with zero attached hydrogens (tertiary/aromatic N) is 4. The Kier molecular flexibility index (Phi) is 9.72. The van der Waals surface area contributed by atoms with Crippen molar-refractivity contribution in [2.75, 3.05) is 68.1 Å². The van der Waals surface area contributed by atoms with Crippen LogP contribution < -0.4 is 28.7 Å². The molecule has 2 aliphatic heterocycles. The normalized spacial score (nSPS) is 18.1. The molecule has 0 radical (unpaired) electrons. The summed E-state index contributed by atoms with van der Waals surface area (Å²) in [5.41, 5.74) is 1.02. The molecule has 1 N–H and O–H groups in total. The fourth-order valence-electron chi connectivity index (χ4n) is 6.36. The van der Waals surface area contributed by atoms with Gasteiger partial charge in [0.25, 0.3) is 15.9 Å². The topological polar surface area (TPSA) is 114 Å². The zero-order chi connectivity index (χ0) is 34.1. The Morgan fingerprint density at radius 3 is 2.33 bits per heavy atom. The summed E-state index contributed by atoms with van der Waals surface area (Å²) in [5, 5.41) is 3.49. The first-order valence-corrected chi connectivity index (χ1v) is 18.3. The molecule has 2 aliphatic rings. The highest BCUT2D eigenvalue weighted by Crippen LogP contribution is 2.51. The molecule has 48 heavy (non-hydrogen) atoms. The number of carbonyl (C=O) groups is 1. The highest BCUT2D eigenvalue weighted by molar-refractivity contribution is 14.1. The zero-order valence-corrected chi connectivity index (χ0v) is 30.2. The summed E-state index contributed by atoms with van der Waals surface area (Å²) >= 11 is 2.17. The predicted octanol–water partition coefficient (Wildman–Crippen LogP) is 5.34. The molecule has 1 fully saturated rings. The van der Waals surface area contributed by atoms with Gasteiger partial charge in [-0.1, -0.05) is 6.92 Å². The molecule has 4 aromatic rings. The largest absolute Gasteiger partial charge is 0.497 e. The number of ether oxygens (including phenoxy) is 3. The number of halogens is 1. The molecular weight excluding hydrogens is 745 g/mol. The average molecular weight is 784 g/mol. The number of benzene rings is 3. The number of piperazine rings is 1. The van der Waals surface area contributed by atoms with Gasteiger partial charge in [-0.3, -0.25) is 4.79 Å². The lowest BCUT2D eigenvalue weighted by molar-refractivity contribution is -0.120. The first-order chi connectivity index (χ1) is 23.2. The van der Waals surface area contributed by atoms with E-state index < -0.39 is 21.5 Å². The molecule has 0 spiro atoms. The summed E-state index contributed by atoms with van der Waals surface area (Å²) in [6.45, 7) is 9.16. The molecule has 0 bridgehead atoms. The molecule has 0 aliphatic carbocycles. The third kappa shape index (κ3) is 5.92. The minimum Gasteiger partial charge on any atom is -0.497 e. The quantitative estimate of drug-likeness (QED) is 0.200. The van der Waals surface area contributed by atoms with Gasteiger partial charge in [-0.2, -0.15) is 4.31 Å². The number of likely N-dealkylation sites (N-methyl/N-ethyl adjacent to an activating group) is 1. The molecule has 1 aromatic heterocycles. The summed E-state index contributed by atoms with van der Waals surface area (Å²) < 4.78 is 47.7. The lowest BCUT2D eigenvalue weighted by atomic mass is 9.83. The zero-order valence-electron chi connectivity index (χ0n) is 27.3. The van der Waals surface area contributed by atoms with Crippen LogP contribution in [-0.4, -0.2) is 77.8 Å². The second-order valence-electron chi connectivity index (χ2n) is 11.4. The number of carbonyl (C=O) groups excluding carboxylic acids is 1. The Morgan fingerprint density at radius 2 is 1.67 bits per heavy atom. The number of sulfonamides is 1. The van der Waals surface area contributed by atoms with E-state index in [9.17, 15) is 8.42 Å². The van der Waals surface area contributed by atoms with E-state index in [1.165, 1.54) is 32.4 Å². The summed E-state index contributed by atoms with van der Waals surface area (Å²) in [5.74, 6) is -0.0493. The van der Waals surface area contributed by atoms with Crippen molar-refractivity contribution in [1.29, 1.82) is 0 Å². The SMILES string of the molecule is CCOc1ncccc1C1(Nc2ccc(N3CCN(CC)CC3)cc2)C(=O)N(S(=O)(=O)c2ccc(OC)cc2OC)c2ccc(I)cc21. The Labute approximate surface area is 295 Å². The van der Waals surface area contributed by atoms with E-state index in [0.717, 1.165) is 46.3 Å². The number of pyridine rings is 1. The van der Waals surface area contributed by atoms with E-state index in [-0.39, 0.29) is 22.2 Å². The summed E-state index contributed by atoms with van der Waals surface area (Å²) in [4.78, 5) is 24.3. The van der Waals surface area contributed by atoms with Gasteiger partial charge in [-0.05, 0) is 103 Å². The smallest absolute Gasteiger partial charge is 0.276 e. The molecule has 0 saturated carbocycles. The maximum Gasteiger partial charge on any atom is 0.276 e. The molecule has 6 rings (SSSR count). The molecule has 1 saturated heterocycles. The second kappa shape index (κ2) is 13.8. The molecule has 1 unspecified atom stereocenters. The standard InChI is InChI=1S/C35H38IN5O6S/c1-5-39-18-20-40(21-19-39)26-12-10-25(11-13-26)38-35(28-8-7-17-37-33(28)47-6-2)29-22-24(36)9-15-30(29)41(34(35)42)48(43,44)32-16-14-27(45-3)23-31(32)46-4/h7-17,22-23,38H,5-6,18-21H2,1-4H3. The van der Waals surface area contributed by atoms with Crippen LogP contribution in [0.4, 0.5) is 17.1 Å². The van der Waals surface area contributed by atoms with Gasteiger partial charge in [0, 0.05) is 59.0 Å². The fraction of sp³-hybridized carbons (Fsp3) is 0.314. The van der Waals surface area contributed by atoms with Gasteiger partial charge in [0.15, 0.2) is 5.54 Å². The van der Waals surface area contributed by atoms with Crippen LogP contribution in [0.15, 0.2) is 83.9 Å². The van der Waals surface area contributed by atoms with E-state index in [2.05, 4.69) is 49.6 Å². The maximum absolute atomic E-state index is 15.2. The van der Waals surface area contributed by atoms with Crippen LogP contribution in [0, 0.1) is 3.57 Å². The molecule has 252 valence electrons. The van der Waals surface area contributed by atoms with Crippen molar-refractivity contribution in [3.05, 3.63) is 93.7 Å². The van der Waals surface area contributed by atoms with Gasteiger partial charge in [0.2, 0.25) is 5.88 Å². The number of nitrogens with one attached hydrogen (secondary N) is 1. The van der Waals surface area contributed by atoms with Crippen molar-refractivity contribution in [2.24, 2.45) is 0 Å². The first-order valence-electron chi connectivity index (χ1n) is 15.7. The molecule has 11 nitrogen and oxygen atoms in total. The number of anilines is 3. The van der Waals surface area contributed by atoms with Gasteiger partial charge in [0.1, 0.15) is 16.4 Å². The number of fused-ring (bicyclic) bond motifs is 1. The predicted molar refractivity (Wildman–Crippen MR) is 194 cm³/mol. The number of rotatable bonds is 11. The monoisotopic (exact) mass is 783 g/mol. The van der Waals surface area contributed by atoms with E-state index in [4.69, 9.17) is 14.2 Å². The van der Waals surface area contributed by atoms with E-state index >= 15 is 4.79 Å². The number of methoxy groups -OCH3 is 2. The van der Waals surface area contributed by atoms with Crippen LogP contribution in [0.1, 0.15) is 25.0 Å². The van der Waals surface area contributed by atoms with Gasteiger partial charge >= 0.3 is 0 Å². The van der Waals surface area contributed by atoms with E-state index in [0.29, 0.717) is 29.2 Å². The lowest BCUT2D eigenvalue weighted by Gasteiger charge is -2.36. The van der Waals surface area contributed by atoms with Crippen molar-refractivity contribution in [1.82, 2.24) is 9.88 Å². The maximum atomic E-state index is 15.2. The highest BCUT2D eigenvalue weighted by Gasteiger charge is 2.58. The molecule has 3 heterocycles. The Morgan fingerprint density at radius 1 is 0.917 bits per heavy atom. The minimum atomic E-state index is -4.52. The number of aromatic nitrogens is 1. The minimum absolute atomic E-state index is 0.0476. The summed E-state index contributed by atoms with van der Waals surface area (Å²) in [6, 6.07) is 21.0. The number of hydrogen-bond donors (Lipinski definition) is 1. The fourth-order valence-corrected chi connectivity index (χ4v) is 8.46. The van der Waals surface area contributed by atoms with Crippen LogP contribution >= 0.6 is 22.6 Å². The number of amides is 1. The second-order valence-corrected chi connectivity index (χ2v) is 14.4. The van der Waals surface area contributed by atoms with Crippen LogP contribution in [0.2, 0.25) is 0 Å². The summed E-state index contributed by atoms with van der Waals surface area (Å²) in [7, 11) is -1.66. The Bertz CT molecular complexity index is 1920. The van der Waals surface area contributed by atoms with Crippen LogP contribution in [-0.2, 0) is 20.4 Å². The van der Waals surface area contributed by atoms with E-state index in [1.807, 2.05) is 37.3 Å². The first kappa shape index (κ1) is 33.8. The summed E-state index contributed by atoms with van der Waals surface area (Å²) in [6.07, 6.45) is 1.58. The van der Waals surface area contributed by atoms with Crippen molar-refractivity contribution < 1.29 is 27.4 Å². The Balaban J connectivity index is 1.51. The van der Waals surface area contributed by atoms with Crippen molar-refractivity contribution in [3.63, 3.8) is 0 Å². The van der Waals surface area contributed by atoms with Gasteiger partial charge in [-0.15, -0.1) is 0 Å². The van der Waals surface area contributed by atoms with E-state index in [1.54, 1.807) is 30.5 Å². The molecule has 1 atom stereocenters. The third-order valence-corrected chi connectivity index (χ3v) is 11.2. The highest BCUT2D eigenvalue weighted by atomic mass is 127. The average Bonchev–Trinajstić information content (AvgIpc) is 3.36. The molecule has 3 aromatic carbocycles. The number of hydrogen-bond acceptors (Lipinski definition) is 10. The van der Waals surface area contributed by atoms with Gasteiger partial charge in [-0.25, -0.2) is 13.4 Å². The van der Waals surface area contributed by atoms with Crippen molar-refractivity contribution in [2.45, 2.75) is 24.3 Å². The van der Waals surface area contributed by atoms with Crippen LogP contribution in [0.25, 0.3) is 0 Å². The van der Waals surface area contributed by atoms with Gasteiger partial charge in [0.05, 0.1) is 32.1 Å². The lowest BCUT2D eigenvalue weighted by Crippen LogP contribution is -2.49. The van der Waals surface area contributed by atoms with Crippen molar-refractivity contribution >= 4 is 55.6 Å². The molecule has 1 amide bonds. The third-order valence-electron chi connectivity index (χ3n) is 8.82. The van der Waals surface area contributed by atoms with Crippen molar-refractivity contribution in [3.8, 4) is 17.4 Å². The van der Waals surface area contributed by atoms with Crippen LogP contribution in [0.5, 0.6) is 17.4 Å².